The molecule has 5 heteroatoms. The molecular formula is C10H10BrNO2S. The van der Waals surface area contributed by atoms with Gasteiger partial charge >= 0.3 is 0 Å². The van der Waals surface area contributed by atoms with Crippen LogP contribution in [0.1, 0.15) is 10.4 Å². The van der Waals surface area contributed by atoms with Gasteiger partial charge in [-0.05, 0) is 30.0 Å². The van der Waals surface area contributed by atoms with Crippen molar-refractivity contribution >= 4 is 39.2 Å². The molecule has 0 spiro atoms. The highest BCUT2D eigenvalue weighted by atomic mass is 79.9. The van der Waals surface area contributed by atoms with Crippen molar-refractivity contribution in [2.45, 2.75) is 4.90 Å². The molecule has 1 amide bonds. The van der Waals surface area contributed by atoms with Gasteiger partial charge in [0.1, 0.15) is 0 Å². The second kappa shape index (κ2) is 5.32. The maximum Gasteiger partial charge on any atom is 0.285 e. The minimum atomic E-state index is -0.101. The summed E-state index contributed by atoms with van der Waals surface area (Å²) >= 11 is 4.34. The number of carbonyl (C=O) groups excluding carboxylic acids is 2. The number of hydrogen-bond acceptors (Lipinski definition) is 3. The molecule has 1 rings (SSSR count). The molecule has 15 heavy (non-hydrogen) atoms. The molecule has 0 saturated heterocycles. The molecule has 0 unspecified atom stereocenters. The van der Waals surface area contributed by atoms with Gasteiger partial charge in [0.05, 0.1) is 0 Å². The number of halogens is 1. The fraction of sp³-hybridized carbons (Fsp3) is 0.200. The third-order valence-corrected chi connectivity index (χ3v) is 3.27. The van der Waals surface area contributed by atoms with Crippen molar-refractivity contribution in [2.24, 2.45) is 0 Å². The van der Waals surface area contributed by atoms with Crippen molar-refractivity contribution in [1.29, 1.82) is 0 Å². The predicted molar refractivity (Wildman–Crippen MR) is 64.5 cm³/mol. The third-order valence-electron chi connectivity index (χ3n) is 1.66. The number of thioether (sulfide) groups is 1. The average Bonchev–Trinajstić information content (AvgIpc) is 2.18. The van der Waals surface area contributed by atoms with E-state index in [9.17, 15) is 9.59 Å². The Bertz CT molecular complexity index is 393. The van der Waals surface area contributed by atoms with Gasteiger partial charge in [-0.25, -0.2) is 0 Å². The maximum atomic E-state index is 11.4. The Morgan fingerprint density at radius 2 is 2.13 bits per heavy atom. The van der Waals surface area contributed by atoms with E-state index in [0.29, 0.717) is 10.5 Å². The molecule has 0 aliphatic rings. The lowest BCUT2D eigenvalue weighted by molar-refractivity contribution is 0.112. The van der Waals surface area contributed by atoms with Gasteiger partial charge in [0.2, 0.25) is 0 Å². The summed E-state index contributed by atoms with van der Waals surface area (Å²) in [7, 11) is 3.35. The van der Waals surface area contributed by atoms with Crippen molar-refractivity contribution in [3.05, 3.63) is 28.2 Å². The Labute approximate surface area is 101 Å². The van der Waals surface area contributed by atoms with Crippen molar-refractivity contribution in [3.63, 3.8) is 0 Å². The van der Waals surface area contributed by atoms with Crippen molar-refractivity contribution in [3.8, 4) is 0 Å². The minimum absolute atomic E-state index is 0.101. The molecule has 0 aliphatic heterocycles. The summed E-state index contributed by atoms with van der Waals surface area (Å²) < 4.78 is 0.849. The lowest BCUT2D eigenvalue weighted by Gasteiger charge is -2.10. The smallest absolute Gasteiger partial charge is 0.285 e. The summed E-state index contributed by atoms with van der Waals surface area (Å²) in [6.45, 7) is 0. The quantitative estimate of drug-likeness (QED) is 0.620. The number of nitrogens with zero attached hydrogens (tertiary/aromatic N) is 1. The van der Waals surface area contributed by atoms with E-state index < -0.39 is 0 Å². The van der Waals surface area contributed by atoms with Gasteiger partial charge < -0.3 is 4.90 Å². The molecule has 0 bridgehead atoms. The summed E-state index contributed by atoms with van der Waals surface area (Å²) in [5.74, 6) is 0. The summed E-state index contributed by atoms with van der Waals surface area (Å²) in [5.41, 5.74) is 0.526. The fourth-order valence-electron chi connectivity index (χ4n) is 0.879. The minimum Gasteiger partial charge on any atom is -0.339 e. The van der Waals surface area contributed by atoms with Gasteiger partial charge in [0, 0.05) is 29.0 Å². The van der Waals surface area contributed by atoms with E-state index in [1.165, 1.54) is 4.90 Å². The molecule has 0 radical (unpaired) electrons. The van der Waals surface area contributed by atoms with Crippen molar-refractivity contribution in [2.75, 3.05) is 14.1 Å². The SMILES string of the molecule is CN(C)C(=O)Sc1cc(Br)ccc1C=O. The molecule has 0 aliphatic carbocycles. The van der Waals surface area contributed by atoms with E-state index in [-0.39, 0.29) is 5.24 Å². The van der Waals surface area contributed by atoms with Crippen LogP contribution >= 0.6 is 27.7 Å². The van der Waals surface area contributed by atoms with Gasteiger partial charge in [-0.3, -0.25) is 9.59 Å². The van der Waals surface area contributed by atoms with Crippen LogP contribution in [-0.4, -0.2) is 30.5 Å². The molecule has 3 nitrogen and oxygen atoms in total. The van der Waals surface area contributed by atoms with Gasteiger partial charge in [-0.1, -0.05) is 15.9 Å². The van der Waals surface area contributed by atoms with Crippen LogP contribution in [0.3, 0.4) is 0 Å². The van der Waals surface area contributed by atoms with Crippen LogP contribution in [-0.2, 0) is 0 Å². The summed E-state index contributed by atoms with van der Waals surface area (Å²) in [6, 6.07) is 5.21. The van der Waals surface area contributed by atoms with Crippen LogP contribution in [0.4, 0.5) is 4.79 Å². The Morgan fingerprint density at radius 3 is 2.67 bits per heavy atom. The van der Waals surface area contributed by atoms with Crippen molar-refractivity contribution < 1.29 is 9.59 Å². The van der Waals surface area contributed by atoms with E-state index in [1.54, 1.807) is 32.3 Å². The summed E-state index contributed by atoms with van der Waals surface area (Å²) in [6.07, 6.45) is 0.748. The largest absolute Gasteiger partial charge is 0.339 e. The number of aldehydes is 1. The number of hydrogen-bond donors (Lipinski definition) is 0. The first-order chi connectivity index (χ1) is 7.04. The van der Waals surface area contributed by atoms with Gasteiger partial charge in [-0.2, -0.15) is 0 Å². The zero-order chi connectivity index (χ0) is 11.4. The molecular weight excluding hydrogens is 278 g/mol. The van der Waals surface area contributed by atoms with Crippen LogP contribution in [0.2, 0.25) is 0 Å². The number of rotatable bonds is 2. The third kappa shape index (κ3) is 3.35. The van der Waals surface area contributed by atoms with Crippen LogP contribution < -0.4 is 0 Å². The highest BCUT2D eigenvalue weighted by Gasteiger charge is 2.10. The van der Waals surface area contributed by atoms with Crippen molar-refractivity contribution in [1.82, 2.24) is 4.90 Å². The van der Waals surface area contributed by atoms with Gasteiger partial charge in [-0.15, -0.1) is 0 Å². The van der Waals surface area contributed by atoms with Gasteiger partial charge in [0.15, 0.2) is 6.29 Å². The fourth-order valence-corrected chi connectivity index (χ4v) is 2.18. The van der Waals surface area contributed by atoms with Crippen LogP contribution in [0.25, 0.3) is 0 Å². The highest BCUT2D eigenvalue weighted by molar-refractivity contribution is 9.10. The lowest BCUT2D eigenvalue weighted by atomic mass is 10.2. The Morgan fingerprint density at radius 1 is 1.47 bits per heavy atom. The zero-order valence-corrected chi connectivity index (χ0v) is 10.8. The molecule has 0 saturated carbocycles. The first-order valence-corrected chi connectivity index (χ1v) is 5.79. The number of amides is 1. The first kappa shape index (κ1) is 12.3. The second-order valence-electron chi connectivity index (χ2n) is 3.06. The lowest BCUT2D eigenvalue weighted by Crippen LogP contribution is -2.16. The number of carbonyl (C=O) groups is 2. The normalized spacial score (nSPS) is 9.80. The maximum absolute atomic E-state index is 11.4. The van der Waals surface area contributed by atoms with Crippen LogP contribution in [0.15, 0.2) is 27.6 Å². The zero-order valence-electron chi connectivity index (χ0n) is 8.36. The summed E-state index contributed by atoms with van der Waals surface area (Å²) in [4.78, 5) is 24.3. The van der Waals surface area contributed by atoms with Gasteiger partial charge in [0.25, 0.3) is 5.24 Å². The average molecular weight is 288 g/mol. The van der Waals surface area contributed by atoms with E-state index >= 15 is 0 Å². The van der Waals surface area contributed by atoms with E-state index in [4.69, 9.17) is 0 Å². The molecule has 0 atom stereocenters. The first-order valence-electron chi connectivity index (χ1n) is 4.18. The standard InChI is InChI=1S/C10H10BrNO2S/c1-12(2)10(14)15-9-5-8(11)4-3-7(9)6-13/h3-6H,1-2H3. The molecule has 1 aromatic rings. The Balaban J connectivity index is 2.97. The molecule has 80 valence electrons. The molecule has 0 heterocycles. The van der Waals surface area contributed by atoms with E-state index in [0.717, 1.165) is 22.5 Å². The monoisotopic (exact) mass is 287 g/mol. The van der Waals surface area contributed by atoms with Crippen LogP contribution in [0.5, 0.6) is 0 Å². The molecule has 0 N–H and O–H groups in total. The highest BCUT2D eigenvalue weighted by Crippen LogP contribution is 2.27. The second-order valence-corrected chi connectivity index (χ2v) is 4.97. The predicted octanol–water partition coefficient (Wildman–Crippen LogP) is 3.04. The van der Waals surface area contributed by atoms with Crippen LogP contribution in [0, 0.1) is 0 Å². The van der Waals surface area contributed by atoms with E-state index in [1.807, 2.05) is 0 Å². The molecule has 0 aromatic heterocycles. The Kier molecular flexibility index (Phi) is 4.35. The topological polar surface area (TPSA) is 37.4 Å². The summed E-state index contributed by atoms with van der Waals surface area (Å²) in [5, 5.41) is -0.101. The number of benzene rings is 1. The molecule has 1 aromatic carbocycles. The molecule has 0 fully saturated rings. The Hall–Kier alpha value is -0.810. The van der Waals surface area contributed by atoms with E-state index in [2.05, 4.69) is 15.9 Å².